The lowest BCUT2D eigenvalue weighted by molar-refractivity contribution is 0.195. The summed E-state index contributed by atoms with van der Waals surface area (Å²) in [6, 6.07) is 0. The van der Waals surface area contributed by atoms with E-state index in [-0.39, 0.29) is 0 Å². The normalized spacial score (nSPS) is 13.6. The van der Waals surface area contributed by atoms with Gasteiger partial charge in [-0.1, -0.05) is 40.5 Å². The lowest BCUT2D eigenvalue weighted by Crippen LogP contribution is -2.28. The van der Waals surface area contributed by atoms with E-state index in [2.05, 4.69) is 33.0 Å². The molecule has 2 heteroatoms. The van der Waals surface area contributed by atoms with Crippen molar-refractivity contribution in [1.29, 1.82) is 0 Å². The first-order valence-electron chi connectivity index (χ1n) is 7.33. The molecule has 0 amide bonds. The van der Waals surface area contributed by atoms with Gasteiger partial charge in [0.1, 0.15) is 0 Å². The maximum atomic E-state index is 5.07. The minimum atomic E-state index is 0.804. The lowest BCUT2D eigenvalue weighted by atomic mass is 9.85. The topological polar surface area (TPSA) is 21.3 Å². The zero-order valence-corrected chi connectivity index (χ0v) is 12.6. The summed E-state index contributed by atoms with van der Waals surface area (Å²) in [4.78, 5) is 0. The van der Waals surface area contributed by atoms with Gasteiger partial charge < -0.3 is 10.1 Å². The van der Waals surface area contributed by atoms with E-state index >= 15 is 0 Å². The molecule has 0 aliphatic heterocycles. The average Bonchev–Trinajstić information content (AvgIpc) is 2.30. The van der Waals surface area contributed by atoms with Gasteiger partial charge in [0.25, 0.3) is 0 Å². The third kappa shape index (κ3) is 9.61. The van der Waals surface area contributed by atoms with Gasteiger partial charge in [0.2, 0.25) is 0 Å². The van der Waals surface area contributed by atoms with E-state index in [0.29, 0.717) is 0 Å². The van der Waals surface area contributed by atoms with Gasteiger partial charge in [0.05, 0.1) is 6.61 Å². The highest BCUT2D eigenvalue weighted by atomic mass is 16.5. The zero-order chi connectivity index (χ0) is 13.1. The molecule has 1 atom stereocenters. The van der Waals surface area contributed by atoms with Crippen LogP contribution in [0, 0.1) is 17.8 Å². The quantitative estimate of drug-likeness (QED) is 0.559. The van der Waals surface area contributed by atoms with E-state index in [9.17, 15) is 0 Å². The molecule has 0 spiro atoms. The van der Waals surface area contributed by atoms with Crippen molar-refractivity contribution in [1.82, 2.24) is 5.32 Å². The summed E-state index contributed by atoms with van der Waals surface area (Å²) in [5, 5.41) is 3.52. The second-order valence-corrected chi connectivity index (χ2v) is 5.61. The number of rotatable bonds is 11. The van der Waals surface area contributed by atoms with Crippen LogP contribution in [0.5, 0.6) is 0 Å². The molecular weight excluding hydrogens is 210 g/mol. The Labute approximate surface area is 109 Å². The van der Waals surface area contributed by atoms with Crippen molar-refractivity contribution in [3.05, 3.63) is 0 Å². The molecule has 0 aliphatic rings. The highest BCUT2D eigenvalue weighted by Gasteiger charge is 2.15. The Morgan fingerprint density at radius 2 is 1.65 bits per heavy atom. The van der Waals surface area contributed by atoms with Crippen LogP contribution in [-0.4, -0.2) is 26.8 Å². The van der Waals surface area contributed by atoms with Crippen molar-refractivity contribution in [2.45, 2.75) is 53.4 Å². The molecule has 0 bridgehead atoms. The zero-order valence-electron chi connectivity index (χ0n) is 12.6. The minimum Gasteiger partial charge on any atom is -0.383 e. The Hall–Kier alpha value is -0.0800. The molecule has 1 N–H and O–H groups in total. The monoisotopic (exact) mass is 243 g/mol. The maximum absolute atomic E-state index is 5.07. The van der Waals surface area contributed by atoms with Gasteiger partial charge in [-0.2, -0.15) is 0 Å². The van der Waals surface area contributed by atoms with E-state index in [1.807, 2.05) is 0 Å². The number of hydrogen-bond donors (Lipinski definition) is 1. The molecule has 0 fully saturated rings. The molecule has 0 aromatic heterocycles. The van der Waals surface area contributed by atoms with Gasteiger partial charge in [0, 0.05) is 13.7 Å². The summed E-state index contributed by atoms with van der Waals surface area (Å²) >= 11 is 0. The largest absolute Gasteiger partial charge is 0.383 e. The van der Waals surface area contributed by atoms with Crippen LogP contribution in [0.3, 0.4) is 0 Å². The molecule has 0 aliphatic carbocycles. The molecule has 2 nitrogen and oxygen atoms in total. The standard InChI is InChI=1S/C15H33NO/c1-6-14(7-2)11-15(10-13(3)4)12-16-8-9-17-5/h13-16H,6-12H2,1-5H3. The van der Waals surface area contributed by atoms with Crippen molar-refractivity contribution >= 4 is 0 Å². The second-order valence-electron chi connectivity index (χ2n) is 5.61. The minimum absolute atomic E-state index is 0.804. The Morgan fingerprint density at radius 3 is 2.12 bits per heavy atom. The number of hydrogen-bond acceptors (Lipinski definition) is 2. The molecular formula is C15H33NO. The molecule has 0 saturated heterocycles. The Kier molecular flexibility index (Phi) is 11.0. The van der Waals surface area contributed by atoms with Gasteiger partial charge in [0.15, 0.2) is 0 Å². The molecule has 0 saturated carbocycles. The molecule has 0 heterocycles. The molecule has 0 aromatic rings. The Bertz CT molecular complexity index is 155. The smallest absolute Gasteiger partial charge is 0.0587 e. The molecule has 0 rings (SSSR count). The predicted octanol–water partition coefficient (Wildman–Crippen LogP) is 3.71. The Morgan fingerprint density at radius 1 is 1.00 bits per heavy atom. The summed E-state index contributed by atoms with van der Waals surface area (Å²) in [7, 11) is 1.76. The van der Waals surface area contributed by atoms with Crippen molar-refractivity contribution < 1.29 is 4.74 Å². The molecule has 0 radical (unpaired) electrons. The van der Waals surface area contributed by atoms with Crippen molar-refractivity contribution in [2.75, 3.05) is 26.8 Å². The van der Waals surface area contributed by atoms with Crippen molar-refractivity contribution in [2.24, 2.45) is 17.8 Å². The van der Waals surface area contributed by atoms with E-state index < -0.39 is 0 Å². The third-order valence-electron chi connectivity index (χ3n) is 3.54. The van der Waals surface area contributed by atoms with Gasteiger partial charge in [-0.05, 0) is 37.1 Å². The van der Waals surface area contributed by atoms with Crippen LogP contribution < -0.4 is 5.32 Å². The van der Waals surface area contributed by atoms with Gasteiger partial charge in [-0.25, -0.2) is 0 Å². The fourth-order valence-electron chi connectivity index (χ4n) is 2.50. The summed E-state index contributed by atoms with van der Waals surface area (Å²) in [5.74, 6) is 2.54. The van der Waals surface area contributed by atoms with Crippen LogP contribution in [0.4, 0.5) is 0 Å². The first kappa shape index (κ1) is 16.9. The third-order valence-corrected chi connectivity index (χ3v) is 3.54. The fraction of sp³-hybridized carbons (Fsp3) is 1.00. The van der Waals surface area contributed by atoms with Gasteiger partial charge >= 0.3 is 0 Å². The molecule has 1 unspecified atom stereocenters. The SMILES string of the molecule is CCC(CC)CC(CNCCOC)CC(C)C. The fourth-order valence-corrected chi connectivity index (χ4v) is 2.50. The highest BCUT2D eigenvalue weighted by molar-refractivity contribution is 4.69. The predicted molar refractivity (Wildman–Crippen MR) is 76.4 cm³/mol. The van der Waals surface area contributed by atoms with Crippen molar-refractivity contribution in [3.8, 4) is 0 Å². The van der Waals surface area contributed by atoms with E-state index in [0.717, 1.165) is 37.5 Å². The van der Waals surface area contributed by atoms with Crippen LogP contribution in [0.25, 0.3) is 0 Å². The summed E-state index contributed by atoms with van der Waals surface area (Å²) in [6.45, 7) is 12.2. The number of ether oxygens (including phenoxy) is 1. The van der Waals surface area contributed by atoms with E-state index in [1.54, 1.807) is 7.11 Å². The maximum Gasteiger partial charge on any atom is 0.0587 e. The highest BCUT2D eigenvalue weighted by Crippen LogP contribution is 2.23. The first-order valence-corrected chi connectivity index (χ1v) is 7.33. The summed E-state index contributed by atoms with van der Waals surface area (Å²) in [5.41, 5.74) is 0. The van der Waals surface area contributed by atoms with Gasteiger partial charge in [-0.15, -0.1) is 0 Å². The second kappa shape index (κ2) is 11.0. The molecule has 0 aromatic carbocycles. The van der Waals surface area contributed by atoms with Crippen LogP contribution >= 0.6 is 0 Å². The Balaban J connectivity index is 3.94. The number of nitrogens with one attached hydrogen (secondary N) is 1. The first-order chi connectivity index (χ1) is 8.13. The van der Waals surface area contributed by atoms with Crippen LogP contribution in [0.15, 0.2) is 0 Å². The average molecular weight is 243 g/mol. The van der Waals surface area contributed by atoms with Crippen molar-refractivity contribution in [3.63, 3.8) is 0 Å². The van der Waals surface area contributed by atoms with Crippen LogP contribution in [0.2, 0.25) is 0 Å². The van der Waals surface area contributed by atoms with E-state index in [4.69, 9.17) is 4.74 Å². The summed E-state index contributed by atoms with van der Waals surface area (Å²) in [6.07, 6.45) is 5.37. The summed E-state index contributed by atoms with van der Waals surface area (Å²) < 4.78 is 5.07. The number of methoxy groups -OCH3 is 1. The molecule has 17 heavy (non-hydrogen) atoms. The lowest BCUT2D eigenvalue weighted by Gasteiger charge is -2.24. The van der Waals surface area contributed by atoms with Gasteiger partial charge in [-0.3, -0.25) is 0 Å². The van der Waals surface area contributed by atoms with E-state index in [1.165, 1.54) is 25.7 Å². The van der Waals surface area contributed by atoms with Crippen LogP contribution in [-0.2, 0) is 4.74 Å². The van der Waals surface area contributed by atoms with Crippen LogP contribution in [0.1, 0.15) is 53.4 Å². The molecule has 104 valence electrons.